The van der Waals surface area contributed by atoms with Crippen LogP contribution < -0.4 is 14.9 Å². The lowest BCUT2D eigenvalue weighted by Gasteiger charge is -2.19. The van der Waals surface area contributed by atoms with Gasteiger partial charge in [-0.1, -0.05) is 17.7 Å². The average Bonchev–Trinajstić information content (AvgIpc) is 3.43. The van der Waals surface area contributed by atoms with Crippen LogP contribution in [-0.4, -0.2) is 17.1 Å². The Labute approximate surface area is 161 Å². The SMILES string of the molecule is Cc1ccc(N=c2scc(-c3ccc4c(c3)NC(=O)CO4)n2C2CC2)cc1. The van der Waals surface area contributed by atoms with Crippen molar-refractivity contribution in [3.63, 3.8) is 0 Å². The Kier molecular flexibility index (Phi) is 3.86. The van der Waals surface area contributed by atoms with Crippen molar-refractivity contribution >= 4 is 28.6 Å². The number of aryl methyl sites for hydroxylation is 1. The number of aromatic nitrogens is 1. The van der Waals surface area contributed by atoms with E-state index in [1.807, 2.05) is 18.2 Å². The predicted octanol–water partition coefficient (Wildman–Crippen LogP) is 4.42. The fraction of sp³-hybridized carbons (Fsp3) is 0.238. The van der Waals surface area contributed by atoms with Crippen LogP contribution in [0.4, 0.5) is 11.4 Å². The quantitative estimate of drug-likeness (QED) is 0.734. The zero-order valence-electron chi connectivity index (χ0n) is 14.9. The van der Waals surface area contributed by atoms with Crippen LogP contribution in [0.15, 0.2) is 52.8 Å². The third-order valence-corrected chi connectivity index (χ3v) is 5.66. The Bertz CT molecular complexity index is 1090. The zero-order chi connectivity index (χ0) is 18.4. The predicted molar refractivity (Wildman–Crippen MR) is 107 cm³/mol. The van der Waals surface area contributed by atoms with Crippen molar-refractivity contribution in [3.05, 3.63) is 58.2 Å². The summed E-state index contributed by atoms with van der Waals surface area (Å²) < 4.78 is 7.81. The van der Waals surface area contributed by atoms with E-state index in [2.05, 4.69) is 46.5 Å². The first-order valence-corrected chi connectivity index (χ1v) is 9.94. The fourth-order valence-corrected chi connectivity index (χ4v) is 4.26. The number of hydrogen-bond donors (Lipinski definition) is 1. The summed E-state index contributed by atoms with van der Waals surface area (Å²) >= 11 is 1.65. The highest BCUT2D eigenvalue weighted by atomic mass is 32.1. The molecule has 1 aliphatic heterocycles. The van der Waals surface area contributed by atoms with Crippen LogP contribution in [-0.2, 0) is 4.79 Å². The van der Waals surface area contributed by atoms with Crippen molar-refractivity contribution in [3.8, 4) is 17.0 Å². The van der Waals surface area contributed by atoms with E-state index in [0.717, 1.165) is 33.2 Å². The fourth-order valence-electron chi connectivity index (χ4n) is 3.27. The second-order valence-corrected chi connectivity index (χ2v) is 7.84. The molecule has 1 fully saturated rings. The largest absolute Gasteiger partial charge is 0.482 e. The molecule has 0 saturated heterocycles. The van der Waals surface area contributed by atoms with Gasteiger partial charge in [-0.15, -0.1) is 11.3 Å². The van der Waals surface area contributed by atoms with E-state index < -0.39 is 0 Å². The standard InChI is InChI=1S/C21H19N3O2S/c1-13-2-5-15(6-3-13)22-21-24(16-7-8-16)18(12-27-21)14-4-9-19-17(10-14)23-20(25)11-26-19/h2-6,9-10,12,16H,7-8,11H2,1H3,(H,23,25). The van der Waals surface area contributed by atoms with Gasteiger partial charge >= 0.3 is 0 Å². The van der Waals surface area contributed by atoms with Crippen LogP contribution in [0.5, 0.6) is 5.75 Å². The average molecular weight is 377 g/mol. The maximum atomic E-state index is 11.6. The molecule has 1 saturated carbocycles. The summed E-state index contributed by atoms with van der Waals surface area (Å²) in [5, 5.41) is 5.04. The molecule has 136 valence electrons. The summed E-state index contributed by atoms with van der Waals surface area (Å²) in [7, 11) is 0. The van der Waals surface area contributed by atoms with Crippen LogP contribution in [0.2, 0.25) is 0 Å². The third kappa shape index (κ3) is 3.17. The van der Waals surface area contributed by atoms with Gasteiger partial charge < -0.3 is 14.6 Å². The molecule has 2 aromatic carbocycles. The molecular weight excluding hydrogens is 358 g/mol. The molecule has 0 radical (unpaired) electrons. The van der Waals surface area contributed by atoms with Gasteiger partial charge in [-0.2, -0.15) is 0 Å². The molecule has 27 heavy (non-hydrogen) atoms. The van der Waals surface area contributed by atoms with Gasteiger partial charge in [0.1, 0.15) is 5.75 Å². The molecule has 2 aliphatic rings. The van der Waals surface area contributed by atoms with Crippen LogP contribution in [0.3, 0.4) is 0 Å². The highest BCUT2D eigenvalue weighted by Crippen LogP contribution is 2.40. The smallest absolute Gasteiger partial charge is 0.262 e. The van der Waals surface area contributed by atoms with E-state index >= 15 is 0 Å². The first-order chi connectivity index (χ1) is 13.2. The molecule has 1 N–H and O–H groups in total. The zero-order valence-corrected chi connectivity index (χ0v) is 15.8. The Balaban J connectivity index is 1.60. The van der Waals surface area contributed by atoms with Crippen molar-refractivity contribution in [2.24, 2.45) is 4.99 Å². The summed E-state index contributed by atoms with van der Waals surface area (Å²) in [5.74, 6) is 0.603. The van der Waals surface area contributed by atoms with E-state index in [4.69, 9.17) is 9.73 Å². The van der Waals surface area contributed by atoms with Crippen LogP contribution in [0.25, 0.3) is 11.3 Å². The van der Waals surface area contributed by atoms with Gasteiger partial charge in [0.15, 0.2) is 11.4 Å². The first kappa shape index (κ1) is 16.3. The van der Waals surface area contributed by atoms with Crippen molar-refractivity contribution in [2.45, 2.75) is 25.8 Å². The minimum Gasteiger partial charge on any atom is -0.482 e. The highest BCUT2D eigenvalue weighted by Gasteiger charge is 2.28. The number of hydrogen-bond acceptors (Lipinski definition) is 4. The monoisotopic (exact) mass is 377 g/mol. The molecule has 2 heterocycles. The molecule has 1 aromatic heterocycles. The lowest BCUT2D eigenvalue weighted by Crippen LogP contribution is -2.25. The lowest BCUT2D eigenvalue weighted by atomic mass is 10.1. The van der Waals surface area contributed by atoms with Gasteiger partial charge in [0.25, 0.3) is 5.91 Å². The number of nitrogens with zero attached hydrogens (tertiary/aromatic N) is 2. The summed E-state index contributed by atoms with van der Waals surface area (Å²) in [6, 6.07) is 14.7. The molecule has 3 aromatic rings. The van der Waals surface area contributed by atoms with Gasteiger partial charge in [0.2, 0.25) is 0 Å². The van der Waals surface area contributed by atoms with Gasteiger partial charge in [0, 0.05) is 17.0 Å². The number of carbonyl (C=O) groups excluding carboxylic acids is 1. The maximum absolute atomic E-state index is 11.6. The lowest BCUT2D eigenvalue weighted by molar-refractivity contribution is -0.118. The van der Waals surface area contributed by atoms with Crippen LogP contribution in [0, 0.1) is 6.92 Å². The molecular formula is C21H19N3O2S. The van der Waals surface area contributed by atoms with E-state index in [9.17, 15) is 4.79 Å². The van der Waals surface area contributed by atoms with Crippen molar-refractivity contribution in [1.82, 2.24) is 4.57 Å². The summed E-state index contributed by atoms with van der Waals surface area (Å²) in [4.78, 5) is 17.5. The van der Waals surface area contributed by atoms with E-state index in [1.165, 1.54) is 18.4 Å². The number of amides is 1. The number of nitrogens with one attached hydrogen (secondary N) is 1. The van der Waals surface area contributed by atoms with E-state index in [-0.39, 0.29) is 12.5 Å². The number of ether oxygens (including phenoxy) is 1. The number of anilines is 1. The second-order valence-electron chi connectivity index (χ2n) is 7.00. The van der Waals surface area contributed by atoms with Crippen molar-refractivity contribution < 1.29 is 9.53 Å². The minimum absolute atomic E-state index is 0.0758. The summed E-state index contributed by atoms with van der Waals surface area (Å²) in [5.41, 5.74) is 5.13. The van der Waals surface area contributed by atoms with E-state index in [0.29, 0.717) is 6.04 Å². The van der Waals surface area contributed by atoms with Crippen LogP contribution in [0.1, 0.15) is 24.4 Å². The molecule has 0 unspecified atom stereocenters. The number of benzene rings is 2. The van der Waals surface area contributed by atoms with Gasteiger partial charge in [-0.3, -0.25) is 4.79 Å². The number of thiazole rings is 1. The van der Waals surface area contributed by atoms with Crippen molar-refractivity contribution in [1.29, 1.82) is 0 Å². The second kappa shape index (κ2) is 6.39. The van der Waals surface area contributed by atoms with Gasteiger partial charge in [0.05, 0.1) is 17.1 Å². The van der Waals surface area contributed by atoms with E-state index in [1.54, 1.807) is 11.3 Å². The third-order valence-electron chi connectivity index (χ3n) is 4.82. The number of fused-ring (bicyclic) bond motifs is 1. The Morgan fingerprint density at radius 2 is 2.00 bits per heavy atom. The number of rotatable bonds is 3. The molecule has 1 amide bonds. The molecule has 5 rings (SSSR count). The summed E-state index contributed by atoms with van der Waals surface area (Å²) in [6.45, 7) is 2.16. The van der Waals surface area contributed by atoms with Gasteiger partial charge in [-0.05, 0) is 50.1 Å². The molecule has 5 nitrogen and oxygen atoms in total. The first-order valence-electron chi connectivity index (χ1n) is 9.06. The molecule has 0 atom stereocenters. The maximum Gasteiger partial charge on any atom is 0.262 e. The normalized spacial score (nSPS) is 16.6. The topological polar surface area (TPSA) is 55.6 Å². The summed E-state index contributed by atoms with van der Waals surface area (Å²) in [6.07, 6.45) is 2.35. The molecule has 0 spiro atoms. The Morgan fingerprint density at radius 3 is 2.78 bits per heavy atom. The van der Waals surface area contributed by atoms with Crippen molar-refractivity contribution in [2.75, 3.05) is 11.9 Å². The molecule has 0 bridgehead atoms. The molecule has 6 heteroatoms. The number of carbonyl (C=O) groups is 1. The van der Waals surface area contributed by atoms with Gasteiger partial charge in [-0.25, -0.2) is 4.99 Å². The molecule has 1 aliphatic carbocycles. The van der Waals surface area contributed by atoms with Crippen LogP contribution >= 0.6 is 11.3 Å². The Hall–Kier alpha value is -2.86. The minimum atomic E-state index is -0.116. The Morgan fingerprint density at radius 1 is 1.19 bits per heavy atom. The highest BCUT2D eigenvalue weighted by molar-refractivity contribution is 7.07.